The lowest BCUT2D eigenvalue weighted by Gasteiger charge is -2.39. The van der Waals surface area contributed by atoms with Gasteiger partial charge in [0.15, 0.2) is 0 Å². The Morgan fingerprint density at radius 1 is 0.769 bits per heavy atom. The Hall–Kier alpha value is -1.14. The zero-order valence-electron chi connectivity index (χ0n) is 17.0. The van der Waals surface area contributed by atoms with Crippen molar-refractivity contribution in [3.63, 3.8) is 0 Å². The maximum Gasteiger partial charge on any atom is 0.222 e. The number of rotatable bonds is 4. The van der Waals surface area contributed by atoms with Crippen molar-refractivity contribution < 1.29 is 9.59 Å². The van der Waals surface area contributed by atoms with E-state index in [0.29, 0.717) is 30.7 Å². The predicted octanol–water partition coefficient (Wildman–Crippen LogP) is 2.15. The van der Waals surface area contributed by atoms with Gasteiger partial charge < -0.3 is 14.7 Å². The molecule has 6 nitrogen and oxygen atoms in total. The summed E-state index contributed by atoms with van der Waals surface area (Å²) in [6.45, 7) is 19.4. The molecule has 2 fully saturated rings. The number of likely N-dealkylation sites (N-methyl/N-ethyl adjacent to an activating group) is 2. The lowest BCUT2D eigenvalue weighted by atomic mass is 10.2. The van der Waals surface area contributed by atoms with E-state index in [1.807, 2.05) is 23.6 Å². The van der Waals surface area contributed by atoms with Crippen molar-refractivity contribution in [2.75, 3.05) is 58.9 Å². The van der Waals surface area contributed by atoms with Gasteiger partial charge >= 0.3 is 0 Å². The Morgan fingerprint density at radius 3 is 1.69 bits per heavy atom. The van der Waals surface area contributed by atoms with E-state index in [1.165, 1.54) is 0 Å². The number of carbonyl (C=O) groups is 2. The summed E-state index contributed by atoms with van der Waals surface area (Å²) in [5.41, 5.74) is 0. The van der Waals surface area contributed by atoms with Crippen LogP contribution >= 0.6 is 0 Å². The minimum Gasteiger partial charge on any atom is -0.340 e. The summed E-state index contributed by atoms with van der Waals surface area (Å²) in [6, 6.07) is 0.390. The van der Waals surface area contributed by atoms with Gasteiger partial charge in [-0.15, -0.1) is 0 Å². The zero-order chi connectivity index (χ0) is 18.8. The van der Waals surface area contributed by atoms with E-state index < -0.39 is 0 Å². The normalized spacial score (nSPS) is 21.5. The van der Waals surface area contributed by atoms with Gasteiger partial charge in [0.05, 0.1) is 0 Å². The van der Waals surface area contributed by atoms with Crippen LogP contribution in [0.2, 0.25) is 0 Å². The summed E-state index contributed by atoms with van der Waals surface area (Å²) < 4.78 is 0. The molecule has 0 aromatic rings. The van der Waals surface area contributed by atoms with Crippen molar-refractivity contribution in [1.29, 1.82) is 0 Å². The quantitative estimate of drug-likeness (QED) is 0.761. The van der Waals surface area contributed by atoms with E-state index >= 15 is 0 Å². The molecule has 26 heavy (non-hydrogen) atoms. The Balaban J connectivity index is 0.000000464. The van der Waals surface area contributed by atoms with E-state index in [-0.39, 0.29) is 7.43 Å². The minimum absolute atomic E-state index is 0. The van der Waals surface area contributed by atoms with Crippen LogP contribution in [-0.2, 0) is 9.59 Å². The molecule has 0 radical (unpaired) electrons. The fraction of sp³-hybridized carbons (Fsp3) is 0.900. The van der Waals surface area contributed by atoms with Crippen LogP contribution in [0, 0.1) is 0 Å². The Labute approximate surface area is 161 Å². The second-order valence-corrected chi connectivity index (χ2v) is 6.85. The third kappa shape index (κ3) is 7.62. The molecular formula is C20H42N4O2. The third-order valence-electron chi connectivity index (χ3n) is 5.26. The predicted molar refractivity (Wildman–Crippen MR) is 109 cm³/mol. The molecule has 2 amide bonds. The van der Waals surface area contributed by atoms with Crippen molar-refractivity contribution >= 4 is 11.8 Å². The highest BCUT2D eigenvalue weighted by atomic mass is 16.2. The average Bonchev–Trinajstić information content (AvgIpc) is 2.67. The molecular weight excluding hydrogens is 328 g/mol. The Morgan fingerprint density at radius 2 is 1.27 bits per heavy atom. The largest absolute Gasteiger partial charge is 0.340 e. The fourth-order valence-corrected chi connectivity index (χ4v) is 3.43. The van der Waals surface area contributed by atoms with E-state index in [2.05, 4.69) is 30.6 Å². The standard InChI is InChI=1S/C10H20N2O.C9H18N2O.CH4/c1-4-10(13)12-7-6-11(5-2)8-9(12)3;1-3-9(12)11-7-5-10(4-2)6-8-11;/h9H,4-8H2,1-3H3;3-8H2,1-2H3;1H4. The van der Waals surface area contributed by atoms with Crippen LogP contribution < -0.4 is 0 Å². The van der Waals surface area contributed by atoms with Gasteiger partial charge in [0.1, 0.15) is 0 Å². The number of amides is 2. The van der Waals surface area contributed by atoms with Gasteiger partial charge in [-0.1, -0.05) is 35.1 Å². The monoisotopic (exact) mass is 370 g/mol. The van der Waals surface area contributed by atoms with Gasteiger partial charge in [0.2, 0.25) is 11.8 Å². The van der Waals surface area contributed by atoms with Crippen LogP contribution in [0.5, 0.6) is 0 Å². The van der Waals surface area contributed by atoms with Crippen molar-refractivity contribution in [3.05, 3.63) is 0 Å². The molecule has 2 heterocycles. The van der Waals surface area contributed by atoms with Crippen LogP contribution in [0.3, 0.4) is 0 Å². The summed E-state index contributed by atoms with van der Waals surface area (Å²) >= 11 is 0. The highest BCUT2D eigenvalue weighted by molar-refractivity contribution is 5.76. The summed E-state index contributed by atoms with van der Waals surface area (Å²) in [5.74, 6) is 0.592. The molecule has 2 saturated heterocycles. The minimum atomic E-state index is 0. The fourth-order valence-electron chi connectivity index (χ4n) is 3.43. The van der Waals surface area contributed by atoms with Gasteiger partial charge in [-0.05, 0) is 20.0 Å². The smallest absolute Gasteiger partial charge is 0.222 e. The molecule has 2 rings (SSSR count). The maximum atomic E-state index is 11.5. The molecule has 1 atom stereocenters. The van der Waals surface area contributed by atoms with Crippen LogP contribution in [0.1, 0.15) is 54.9 Å². The first-order valence-corrected chi connectivity index (χ1v) is 9.98. The topological polar surface area (TPSA) is 47.1 Å². The molecule has 0 saturated carbocycles. The molecule has 0 aliphatic carbocycles. The second kappa shape index (κ2) is 13.1. The second-order valence-electron chi connectivity index (χ2n) is 6.85. The zero-order valence-corrected chi connectivity index (χ0v) is 17.0. The van der Waals surface area contributed by atoms with E-state index in [1.54, 1.807) is 0 Å². The maximum absolute atomic E-state index is 11.5. The molecule has 0 N–H and O–H groups in total. The van der Waals surface area contributed by atoms with Gasteiger partial charge in [-0.2, -0.15) is 0 Å². The number of carbonyl (C=O) groups excluding carboxylic acids is 2. The lowest BCUT2D eigenvalue weighted by Crippen LogP contribution is -2.53. The van der Waals surface area contributed by atoms with Crippen molar-refractivity contribution in [1.82, 2.24) is 19.6 Å². The number of piperazine rings is 2. The first kappa shape index (κ1) is 24.9. The molecule has 2 aliphatic rings. The van der Waals surface area contributed by atoms with Crippen LogP contribution in [-0.4, -0.2) is 96.4 Å². The van der Waals surface area contributed by atoms with Gasteiger partial charge in [-0.3, -0.25) is 14.5 Å². The molecule has 0 aromatic carbocycles. The molecule has 2 aliphatic heterocycles. The first-order chi connectivity index (χ1) is 12.0. The summed E-state index contributed by atoms with van der Waals surface area (Å²) in [4.78, 5) is 31.5. The number of hydrogen-bond donors (Lipinski definition) is 0. The van der Waals surface area contributed by atoms with Crippen LogP contribution in [0.4, 0.5) is 0 Å². The first-order valence-electron chi connectivity index (χ1n) is 9.98. The summed E-state index contributed by atoms with van der Waals surface area (Å²) in [5, 5.41) is 0. The van der Waals surface area contributed by atoms with Gasteiger partial charge in [0, 0.05) is 64.7 Å². The molecule has 0 bridgehead atoms. The molecule has 1 unspecified atom stereocenters. The molecule has 0 spiro atoms. The van der Waals surface area contributed by atoms with Crippen molar-refractivity contribution in [2.24, 2.45) is 0 Å². The van der Waals surface area contributed by atoms with E-state index in [4.69, 9.17) is 0 Å². The van der Waals surface area contributed by atoms with Gasteiger partial charge in [0.25, 0.3) is 0 Å². The summed E-state index contributed by atoms with van der Waals surface area (Å²) in [7, 11) is 0. The SMILES string of the molecule is C.CCC(=O)N1CCN(CC)CC1.CCC(=O)N1CCN(CC)CC1C. The number of nitrogens with zero attached hydrogens (tertiary/aromatic N) is 4. The highest BCUT2D eigenvalue weighted by Crippen LogP contribution is 2.10. The molecule has 0 aromatic heterocycles. The Kier molecular flexibility index (Phi) is 12.5. The molecule has 6 heteroatoms. The van der Waals surface area contributed by atoms with Crippen molar-refractivity contribution in [2.45, 2.75) is 60.9 Å². The lowest BCUT2D eigenvalue weighted by molar-refractivity contribution is -0.135. The van der Waals surface area contributed by atoms with Crippen LogP contribution in [0.15, 0.2) is 0 Å². The number of hydrogen-bond acceptors (Lipinski definition) is 4. The average molecular weight is 371 g/mol. The van der Waals surface area contributed by atoms with E-state index in [0.717, 1.165) is 58.9 Å². The Bertz CT molecular complexity index is 409. The molecule has 154 valence electrons. The van der Waals surface area contributed by atoms with Gasteiger partial charge in [-0.25, -0.2) is 0 Å². The van der Waals surface area contributed by atoms with E-state index in [9.17, 15) is 9.59 Å². The highest BCUT2D eigenvalue weighted by Gasteiger charge is 2.25. The summed E-state index contributed by atoms with van der Waals surface area (Å²) in [6.07, 6.45) is 1.28. The van der Waals surface area contributed by atoms with Crippen molar-refractivity contribution in [3.8, 4) is 0 Å². The van der Waals surface area contributed by atoms with Crippen LogP contribution in [0.25, 0.3) is 0 Å². The third-order valence-corrected chi connectivity index (χ3v) is 5.26.